The Hall–Kier alpha value is -2.55. The molecule has 3 heteroatoms. The van der Waals surface area contributed by atoms with Gasteiger partial charge in [0.1, 0.15) is 5.75 Å². The Bertz CT molecular complexity index is 679. The second kappa shape index (κ2) is 7.14. The number of benzene rings is 2. The number of carbonyl (C=O) groups is 1. The van der Waals surface area contributed by atoms with Crippen molar-refractivity contribution in [1.82, 2.24) is 4.90 Å². The molecule has 2 aromatic rings. The summed E-state index contributed by atoms with van der Waals surface area (Å²) in [6.45, 7) is 3.15. The van der Waals surface area contributed by atoms with Crippen LogP contribution in [0.2, 0.25) is 0 Å². The van der Waals surface area contributed by atoms with Crippen LogP contribution < -0.4 is 4.74 Å². The second-order valence-electron chi connectivity index (χ2n) is 5.75. The molecule has 0 aromatic heterocycles. The summed E-state index contributed by atoms with van der Waals surface area (Å²) < 4.78 is 5.37. The van der Waals surface area contributed by atoms with E-state index in [2.05, 4.69) is 36.1 Å². The fraction of sp³-hybridized carbons (Fsp3) is 0.250. The smallest absolute Gasteiger partial charge is 0.337 e. The minimum atomic E-state index is -0.307. The number of ether oxygens (including phenoxy) is 1. The lowest BCUT2D eigenvalue weighted by Gasteiger charge is -2.28. The number of para-hydroxylation sites is 1. The number of hydrogen-bond acceptors (Lipinski definition) is 3. The van der Waals surface area contributed by atoms with Crippen molar-refractivity contribution in [1.29, 1.82) is 0 Å². The summed E-state index contributed by atoms with van der Waals surface area (Å²) in [6, 6.07) is 19.8. The van der Waals surface area contributed by atoms with Gasteiger partial charge in [-0.3, -0.25) is 0 Å². The first-order valence-electron chi connectivity index (χ1n) is 8.03. The zero-order chi connectivity index (χ0) is 16.1. The topological polar surface area (TPSA) is 29.5 Å². The Kier molecular flexibility index (Phi) is 4.77. The Labute approximate surface area is 137 Å². The molecule has 0 saturated carbocycles. The van der Waals surface area contributed by atoms with Gasteiger partial charge in [0.05, 0.1) is 6.04 Å². The van der Waals surface area contributed by atoms with Crippen molar-refractivity contribution in [2.75, 3.05) is 6.54 Å². The van der Waals surface area contributed by atoms with Crippen molar-refractivity contribution in [3.8, 4) is 5.75 Å². The third kappa shape index (κ3) is 3.81. The van der Waals surface area contributed by atoms with Crippen LogP contribution in [0.25, 0.3) is 0 Å². The third-order valence-electron chi connectivity index (χ3n) is 4.20. The Morgan fingerprint density at radius 1 is 1.09 bits per heavy atom. The molecule has 1 aliphatic rings. The molecule has 118 valence electrons. The summed E-state index contributed by atoms with van der Waals surface area (Å²) >= 11 is 0. The molecule has 3 rings (SSSR count). The maximum atomic E-state index is 12.1. The van der Waals surface area contributed by atoms with E-state index < -0.39 is 0 Å². The molecule has 0 aliphatic carbocycles. The summed E-state index contributed by atoms with van der Waals surface area (Å²) in [4.78, 5) is 14.4. The summed E-state index contributed by atoms with van der Waals surface area (Å²) in [5.41, 5.74) is 2.32. The van der Waals surface area contributed by atoms with Crippen LogP contribution in [0.4, 0.5) is 0 Å². The fourth-order valence-corrected chi connectivity index (χ4v) is 3.00. The predicted octanol–water partition coefficient (Wildman–Crippen LogP) is 4.33. The number of nitrogens with zero attached hydrogens (tertiary/aromatic N) is 1. The van der Waals surface area contributed by atoms with Crippen LogP contribution in [-0.2, 0) is 4.79 Å². The number of carbonyl (C=O) groups excluding carboxylic acids is 1. The van der Waals surface area contributed by atoms with Crippen LogP contribution in [-0.4, -0.2) is 17.4 Å². The highest BCUT2D eigenvalue weighted by Gasteiger charge is 2.24. The van der Waals surface area contributed by atoms with Crippen LogP contribution in [0.1, 0.15) is 31.4 Å². The molecule has 1 saturated heterocycles. The Balaban J connectivity index is 1.72. The maximum Gasteiger partial charge on any atom is 0.337 e. The first kappa shape index (κ1) is 15.3. The van der Waals surface area contributed by atoms with E-state index in [-0.39, 0.29) is 12.0 Å². The van der Waals surface area contributed by atoms with Crippen molar-refractivity contribution in [3.63, 3.8) is 0 Å². The molecular formula is C20H21NO2. The molecule has 0 radical (unpaired) electrons. The largest absolute Gasteiger partial charge is 0.423 e. The molecule has 0 amide bonds. The van der Waals surface area contributed by atoms with Gasteiger partial charge in [0.15, 0.2) is 0 Å². The van der Waals surface area contributed by atoms with Crippen molar-refractivity contribution in [2.45, 2.75) is 25.8 Å². The van der Waals surface area contributed by atoms with Gasteiger partial charge in [0.2, 0.25) is 0 Å². The highest BCUT2D eigenvalue weighted by atomic mass is 16.5. The third-order valence-corrected chi connectivity index (χ3v) is 4.20. The molecule has 1 fully saturated rings. The molecule has 1 unspecified atom stereocenters. The highest BCUT2D eigenvalue weighted by molar-refractivity contribution is 5.84. The van der Waals surface area contributed by atoms with E-state index in [1.807, 2.05) is 24.3 Å². The SMILES string of the molecule is CC(c1ccccc1)N1CCC/C1=C\C(=O)Oc1ccccc1. The molecule has 1 heterocycles. The van der Waals surface area contributed by atoms with Gasteiger partial charge in [-0.2, -0.15) is 0 Å². The normalized spacial score (nSPS) is 17.3. The minimum absolute atomic E-state index is 0.259. The second-order valence-corrected chi connectivity index (χ2v) is 5.75. The predicted molar refractivity (Wildman–Crippen MR) is 91.0 cm³/mol. The minimum Gasteiger partial charge on any atom is -0.423 e. The van der Waals surface area contributed by atoms with Gasteiger partial charge in [-0.05, 0) is 37.5 Å². The van der Waals surface area contributed by atoms with E-state index >= 15 is 0 Å². The number of rotatable bonds is 4. The van der Waals surface area contributed by atoms with Crippen LogP contribution in [0, 0.1) is 0 Å². The van der Waals surface area contributed by atoms with Crippen LogP contribution >= 0.6 is 0 Å². The molecule has 0 bridgehead atoms. The van der Waals surface area contributed by atoms with Gasteiger partial charge in [0, 0.05) is 18.3 Å². The number of likely N-dealkylation sites (tertiary alicyclic amines) is 1. The van der Waals surface area contributed by atoms with Gasteiger partial charge in [-0.25, -0.2) is 4.79 Å². The fourth-order valence-electron chi connectivity index (χ4n) is 3.00. The van der Waals surface area contributed by atoms with Gasteiger partial charge in [-0.1, -0.05) is 48.5 Å². The van der Waals surface area contributed by atoms with Crippen LogP contribution in [0.15, 0.2) is 72.4 Å². The summed E-state index contributed by atoms with van der Waals surface area (Å²) in [5.74, 6) is 0.272. The average Bonchev–Trinajstić information content (AvgIpc) is 3.03. The van der Waals surface area contributed by atoms with E-state index in [1.54, 1.807) is 18.2 Å². The summed E-state index contributed by atoms with van der Waals surface area (Å²) in [7, 11) is 0. The summed E-state index contributed by atoms with van der Waals surface area (Å²) in [6.07, 6.45) is 3.63. The van der Waals surface area contributed by atoms with Crippen molar-refractivity contribution >= 4 is 5.97 Å². The summed E-state index contributed by atoms with van der Waals surface area (Å²) in [5, 5.41) is 0. The average molecular weight is 307 g/mol. The monoisotopic (exact) mass is 307 g/mol. The lowest BCUT2D eigenvalue weighted by Crippen LogP contribution is -2.23. The van der Waals surface area contributed by atoms with Crippen molar-refractivity contribution in [3.05, 3.63) is 78.0 Å². The first-order valence-corrected chi connectivity index (χ1v) is 8.03. The van der Waals surface area contributed by atoms with Gasteiger partial charge < -0.3 is 9.64 Å². The Morgan fingerprint density at radius 2 is 1.74 bits per heavy atom. The zero-order valence-corrected chi connectivity index (χ0v) is 13.3. The number of hydrogen-bond donors (Lipinski definition) is 0. The Morgan fingerprint density at radius 3 is 2.43 bits per heavy atom. The molecule has 3 nitrogen and oxygen atoms in total. The van der Waals surface area contributed by atoms with E-state index in [1.165, 1.54) is 5.56 Å². The highest BCUT2D eigenvalue weighted by Crippen LogP contribution is 2.31. The van der Waals surface area contributed by atoms with Gasteiger partial charge in [-0.15, -0.1) is 0 Å². The van der Waals surface area contributed by atoms with E-state index in [4.69, 9.17) is 4.74 Å². The van der Waals surface area contributed by atoms with E-state index in [0.29, 0.717) is 5.75 Å². The number of allylic oxidation sites excluding steroid dienone is 1. The molecule has 1 atom stereocenters. The standard InChI is InChI=1S/C20H21NO2/c1-16(17-9-4-2-5-10-17)21-14-8-11-18(21)15-20(22)23-19-12-6-3-7-13-19/h2-7,9-10,12-13,15-16H,8,11,14H2,1H3/b18-15+. The molecule has 23 heavy (non-hydrogen) atoms. The molecule has 0 N–H and O–H groups in total. The van der Waals surface area contributed by atoms with Crippen molar-refractivity contribution < 1.29 is 9.53 Å². The molecule has 1 aliphatic heterocycles. The lowest BCUT2D eigenvalue weighted by molar-refractivity contribution is -0.129. The van der Waals surface area contributed by atoms with E-state index in [0.717, 1.165) is 25.1 Å². The quantitative estimate of drug-likeness (QED) is 0.478. The molecular weight excluding hydrogens is 286 g/mol. The van der Waals surface area contributed by atoms with Gasteiger partial charge >= 0.3 is 5.97 Å². The van der Waals surface area contributed by atoms with Gasteiger partial charge in [0.25, 0.3) is 0 Å². The van der Waals surface area contributed by atoms with Crippen molar-refractivity contribution in [2.24, 2.45) is 0 Å². The van der Waals surface area contributed by atoms with Crippen LogP contribution in [0.5, 0.6) is 5.75 Å². The number of esters is 1. The zero-order valence-electron chi connectivity index (χ0n) is 13.3. The van der Waals surface area contributed by atoms with Crippen LogP contribution in [0.3, 0.4) is 0 Å². The molecule has 2 aromatic carbocycles. The molecule has 0 spiro atoms. The van der Waals surface area contributed by atoms with E-state index in [9.17, 15) is 4.79 Å². The maximum absolute atomic E-state index is 12.1. The first-order chi connectivity index (χ1) is 11.2. The lowest BCUT2D eigenvalue weighted by atomic mass is 10.1.